The fourth-order valence-corrected chi connectivity index (χ4v) is 1.61. The Labute approximate surface area is 82.1 Å². The van der Waals surface area contributed by atoms with E-state index in [0.717, 1.165) is 5.69 Å². The highest BCUT2D eigenvalue weighted by Gasteiger charge is 2.23. The summed E-state index contributed by atoms with van der Waals surface area (Å²) in [6.07, 6.45) is 3.01. The predicted octanol–water partition coefficient (Wildman–Crippen LogP) is -0.0368. The Morgan fingerprint density at radius 1 is 1.71 bits per heavy atom. The summed E-state index contributed by atoms with van der Waals surface area (Å²) in [6, 6.07) is 0. The van der Waals surface area contributed by atoms with E-state index in [4.69, 9.17) is 4.74 Å². The number of carbonyl (C=O) groups is 1. The average molecular weight is 195 g/mol. The molecule has 0 bridgehead atoms. The van der Waals surface area contributed by atoms with Crippen LogP contribution in [0.4, 0.5) is 0 Å². The van der Waals surface area contributed by atoms with Crippen molar-refractivity contribution >= 4 is 5.78 Å². The van der Waals surface area contributed by atoms with Gasteiger partial charge in [-0.2, -0.15) is 0 Å². The van der Waals surface area contributed by atoms with Gasteiger partial charge in [0.15, 0.2) is 0 Å². The van der Waals surface area contributed by atoms with E-state index >= 15 is 0 Å². The van der Waals surface area contributed by atoms with Crippen LogP contribution in [0.2, 0.25) is 0 Å². The van der Waals surface area contributed by atoms with Crippen molar-refractivity contribution in [1.82, 2.24) is 15.0 Å². The molecule has 2 rings (SSSR count). The van der Waals surface area contributed by atoms with Gasteiger partial charge in [-0.05, 0) is 0 Å². The molecular weight excluding hydrogens is 182 g/mol. The summed E-state index contributed by atoms with van der Waals surface area (Å²) in [5, 5.41) is 7.77. The first-order chi connectivity index (χ1) is 6.75. The van der Waals surface area contributed by atoms with Crippen LogP contribution < -0.4 is 0 Å². The molecule has 1 fully saturated rings. The van der Waals surface area contributed by atoms with Crippen molar-refractivity contribution < 1.29 is 9.53 Å². The molecule has 0 radical (unpaired) electrons. The van der Waals surface area contributed by atoms with E-state index in [1.165, 1.54) is 0 Å². The Bertz CT molecular complexity index is 335. The predicted molar refractivity (Wildman–Crippen MR) is 48.6 cm³/mol. The Balaban J connectivity index is 1.99. The molecule has 0 saturated carbocycles. The lowest BCUT2D eigenvalue weighted by molar-refractivity contribution is -0.130. The molecule has 1 atom stereocenters. The number of aromatic nitrogens is 3. The van der Waals surface area contributed by atoms with Crippen LogP contribution in [0, 0.1) is 5.92 Å². The van der Waals surface area contributed by atoms with Crippen molar-refractivity contribution in [3.05, 3.63) is 11.9 Å². The zero-order chi connectivity index (χ0) is 9.97. The van der Waals surface area contributed by atoms with E-state index < -0.39 is 0 Å². The summed E-state index contributed by atoms with van der Waals surface area (Å²) in [5.74, 6) is 0.252. The van der Waals surface area contributed by atoms with Crippen LogP contribution in [0.1, 0.15) is 12.1 Å². The number of aryl methyl sites for hydroxylation is 1. The van der Waals surface area contributed by atoms with Crippen LogP contribution in [0.3, 0.4) is 0 Å². The van der Waals surface area contributed by atoms with Gasteiger partial charge in [0.2, 0.25) is 0 Å². The van der Waals surface area contributed by atoms with Gasteiger partial charge in [0.25, 0.3) is 0 Å². The summed E-state index contributed by atoms with van der Waals surface area (Å²) in [7, 11) is 1.82. The van der Waals surface area contributed by atoms with Crippen LogP contribution in [0.5, 0.6) is 0 Å². The number of rotatable bonds is 2. The second kappa shape index (κ2) is 3.88. The Morgan fingerprint density at radius 3 is 3.21 bits per heavy atom. The summed E-state index contributed by atoms with van der Waals surface area (Å²) < 4.78 is 6.90. The molecule has 1 aliphatic rings. The minimum Gasteiger partial charge on any atom is -0.380 e. The van der Waals surface area contributed by atoms with Gasteiger partial charge in [0.1, 0.15) is 5.78 Å². The first-order valence-corrected chi connectivity index (χ1v) is 4.71. The van der Waals surface area contributed by atoms with Crippen molar-refractivity contribution in [2.24, 2.45) is 13.0 Å². The number of ketones is 1. The molecule has 14 heavy (non-hydrogen) atoms. The average Bonchev–Trinajstić information content (AvgIpc) is 2.56. The molecule has 2 heterocycles. The van der Waals surface area contributed by atoms with E-state index in [1.807, 2.05) is 13.2 Å². The van der Waals surface area contributed by atoms with Crippen LogP contribution in [0.25, 0.3) is 0 Å². The highest BCUT2D eigenvalue weighted by atomic mass is 16.5. The van der Waals surface area contributed by atoms with Crippen molar-refractivity contribution in [2.75, 3.05) is 13.2 Å². The lowest BCUT2D eigenvalue weighted by Crippen LogP contribution is -2.29. The van der Waals surface area contributed by atoms with Crippen molar-refractivity contribution in [2.45, 2.75) is 12.8 Å². The zero-order valence-electron chi connectivity index (χ0n) is 8.14. The summed E-state index contributed by atoms with van der Waals surface area (Å²) in [4.78, 5) is 11.5. The van der Waals surface area contributed by atoms with Gasteiger partial charge >= 0.3 is 0 Å². The van der Waals surface area contributed by atoms with E-state index in [0.29, 0.717) is 26.1 Å². The normalized spacial score (nSPS) is 22.6. The molecule has 1 aromatic rings. The maximum atomic E-state index is 11.5. The minimum absolute atomic E-state index is 0.0274. The summed E-state index contributed by atoms with van der Waals surface area (Å²) >= 11 is 0. The molecule has 0 aliphatic carbocycles. The van der Waals surface area contributed by atoms with E-state index in [1.54, 1.807) is 4.68 Å². The maximum absolute atomic E-state index is 11.5. The van der Waals surface area contributed by atoms with Gasteiger partial charge < -0.3 is 4.74 Å². The summed E-state index contributed by atoms with van der Waals surface area (Å²) in [6.45, 7) is 1.09. The molecular formula is C9H13N3O2. The first kappa shape index (κ1) is 9.33. The minimum atomic E-state index is -0.0274. The molecule has 0 amide bonds. The number of carbonyl (C=O) groups excluding carboxylic acids is 1. The monoisotopic (exact) mass is 195 g/mol. The molecule has 0 N–H and O–H groups in total. The molecule has 1 aliphatic heterocycles. The third-order valence-electron chi connectivity index (χ3n) is 2.37. The highest BCUT2D eigenvalue weighted by Crippen LogP contribution is 2.14. The van der Waals surface area contributed by atoms with Crippen molar-refractivity contribution in [3.8, 4) is 0 Å². The third-order valence-corrected chi connectivity index (χ3v) is 2.37. The number of hydrogen-bond donors (Lipinski definition) is 0. The number of nitrogens with zero attached hydrogens (tertiary/aromatic N) is 3. The van der Waals surface area contributed by atoms with Gasteiger partial charge in [-0.1, -0.05) is 5.21 Å². The molecule has 5 nitrogen and oxygen atoms in total. The second-order valence-electron chi connectivity index (χ2n) is 3.58. The lowest BCUT2D eigenvalue weighted by Gasteiger charge is -2.19. The van der Waals surface area contributed by atoms with E-state index in [9.17, 15) is 4.79 Å². The molecule has 5 heteroatoms. The SMILES string of the molecule is Cn1cc(CC2COCCC2=O)nn1. The second-order valence-corrected chi connectivity index (χ2v) is 3.58. The third kappa shape index (κ3) is 1.98. The highest BCUT2D eigenvalue weighted by molar-refractivity contribution is 5.81. The van der Waals surface area contributed by atoms with Gasteiger partial charge in [0, 0.05) is 32.0 Å². The van der Waals surface area contributed by atoms with Crippen molar-refractivity contribution in [1.29, 1.82) is 0 Å². The lowest BCUT2D eigenvalue weighted by atomic mass is 9.96. The van der Waals surface area contributed by atoms with Gasteiger partial charge in [0.05, 0.1) is 18.9 Å². The van der Waals surface area contributed by atoms with Crippen LogP contribution in [-0.4, -0.2) is 34.0 Å². The van der Waals surface area contributed by atoms with Crippen LogP contribution in [0.15, 0.2) is 6.20 Å². The van der Waals surface area contributed by atoms with E-state index in [2.05, 4.69) is 10.3 Å². The summed E-state index contributed by atoms with van der Waals surface area (Å²) in [5.41, 5.74) is 0.858. The van der Waals surface area contributed by atoms with Gasteiger partial charge in [-0.3, -0.25) is 9.48 Å². The van der Waals surface area contributed by atoms with Gasteiger partial charge in [-0.25, -0.2) is 0 Å². The number of ether oxygens (including phenoxy) is 1. The molecule has 1 saturated heterocycles. The Hall–Kier alpha value is -1.23. The number of hydrogen-bond acceptors (Lipinski definition) is 4. The first-order valence-electron chi connectivity index (χ1n) is 4.71. The smallest absolute Gasteiger partial charge is 0.140 e. The molecule has 76 valence electrons. The molecule has 0 aromatic carbocycles. The Kier molecular flexibility index (Phi) is 2.58. The fourth-order valence-electron chi connectivity index (χ4n) is 1.61. The maximum Gasteiger partial charge on any atom is 0.140 e. The molecule has 1 aromatic heterocycles. The van der Waals surface area contributed by atoms with Crippen molar-refractivity contribution in [3.63, 3.8) is 0 Å². The Morgan fingerprint density at radius 2 is 2.57 bits per heavy atom. The topological polar surface area (TPSA) is 57.0 Å². The largest absolute Gasteiger partial charge is 0.380 e. The quantitative estimate of drug-likeness (QED) is 0.664. The van der Waals surface area contributed by atoms with Gasteiger partial charge in [-0.15, -0.1) is 5.10 Å². The standard InChI is InChI=1S/C9H13N3O2/c1-12-5-8(10-11-12)4-7-6-14-3-2-9(7)13/h5,7H,2-4,6H2,1H3. The number of Topliss-reactive ketones (excluding diaryl/α,β-unsaturated/α-hetero) is 1. The van der Waals surface area contributed by atoms with E-state index in [-0.39, 0.29) is 11.7 Å². The van der Waals surface area contributed by atoms with Crippen LogP contribution in [-0.2, 0) is 23.0 Å². The van der Waals surface area contributed by atoms with Crippen LogP contribution >= 0.6 is 0 Å². The fraction of sp³-hybridized carbons (Fsp3) is 0.667. The molecule has 0 spiro atoms. The zero-order valence-corrected chi connectivity index (χ0v) is 8.14. The molecule has 1 unspecified atom stereocenters.